The van der Waals surface area contributed by atoms with Crippen LogP contribution in [0.15, 0.2) is 18.3 Å². The SMILES string of the molecule is Cc1cccnc1NC1(CO)CCC1. The van der Waals surface area contributed by atoms with Crippen LogP contribution in [0.3, 0.4) is 0 Å². The average molecular weight is 192 g/mol. The molecule has 0 bridgehead atoms. The van der Waals surface area contributed by atoms with Gasteiger partial charge in [-0.2, -0.15) is 0 Å². The Morgan fingerprint density at radius 3 is 2.86 bits per heavy atom. The van der Waals surface area contributed by atoms with Crippen LogP contribution in [0.25, 0.3) is 0 Å². The van der Waals surface area contributed by atoms with E-state index in [1.165, 1.54) is 6.42 Å². The fourth-order valence-electron chi connectivity index (χ4n) is 1.79. The molecule has 1 aliphatic carbocycles. The fourth-order valence-corrected chi connectivity index (χ4v) is 1.79. The molecule has 0 aliphatic heterocycles. The normalized spacial score (nSPS) is 18.7. The predicted molar refractivity (Wildman–Crippen MR) is 56.3 cm³/mol. The van der Waals surface area contributed by atoms with Crippen LogP contribution in [-0.4, -0.2) is 22.2 Å². The number of aryl methyl sites for hydroxylation is 1. The van der Waals surface area contributed by atoms with Crippen LogP contribution in [0.4, 0.5) is 5.82 Å². The molecule has 1 heterocycles. The Labute approximate surface area is 84.2 Å². The van der Waals surface area contributed by atoms with Crippen molar-refractivity contribution in [1.82, 2.24) is 4.98 Å². The molecule has 1 aromatic rings. The molecule has 2 N–H and O–H groups in total. The minimum absolute atomic E-state index is 0.0981. The largest absolute Gasteiger partial charge is 0.394 e. The molecular formula is C11H16N2O. The lowest BCUT2D eigenvalue weighted by Crippen LogP contribution is -2.48. The molecule has 0 radical (unpaired) electrons. The second-order valence-corrected chi connectivity index (χ2v) is 4.09. The number of aliphatic hydroxyl groups excluding tert-OH is 1. The van der Waals surface area contributed by atoms with Crippen molar-refractivity contribution in [2.75, 3.05) is 11.9 Å². The van der Waals surface area contributed by atoms with E-state index < -0.39 is 0 Å². The van der Waals surface area contributed by atoms with Gasteiger partial charge >= 0.3 is 0 Å². The first-order valence-electron chi connectivity index (χ1n) is 5.06. The van der Waals surface area contributed by atoms with Gasteiger partial charge in [0.25, 0.3) is 0 Å². The van der Waals surface area contributed by atoms with Crippen molar-refractivity contribution in [3.63, 3.8) is 0 Å². The van der Waals surface area contributed by atoms with Gasteiger partial charge in [-0.15, -0.1) is 0 Å². The molecule has 14 heavy (non-hydrogen) atoms. The number of nitrogens with one attached hydrogen (secondary N) is 1. The van der Waals surface area contributed by atoms with Gasteiger partial charge in [0.1, 0.15) is 5.82 Å². The fraction of sp³-hybridized carbons (Fsp3) is 0.545. The van der Waals surface area contributed by atoms with Gasteiger partial charge in [-0.3, -0.25) is 0 Å². The smallest absolute Gasteiger partial charge is 0.129 e. The topological polar surface area (TPSA) is 45.2 Å². The summed E-state index contributed by atoms with van der Waals surface area (Å²) in [5.74, 6) is 0.904. The van der Waals surface area contributed by atoms with E-state index in [1.807, 2.05) is 19.1 Å². The number of rotatable bonds is 3. The van der Waals surface area contributed by atoms with E-state index in [1.54, 1.807) is 6.20 Å². The number of hydrogen-bond donors (Lipinski definition) is 2. The zero-order valence-electron chi connectivity index (χ0n) is 8.45. The summed E-state index contributed by atoms with van der Waals surface area (Å²) >= 11 is 0. The van der Waals surface area contributed by atoms with Crippen molar-refractivity contribution in [3.8, 4) is 0 Å². The molecule has 1 fully saturated rings. The molecule has 0 saturated heterocycles. The van der Waals surface area contributed by atoms with Crippen LogP contribution >= 0.6 is 0 Å². The molecule has 2 rings (SSSR count). The van der Waals surface area contributed by atoms with Gasteiger partial charge in [-0.25, -0.2) is 4.98 Å². The third-order valence-corrected chi connectivity index (χ3v) is 3.01. The molecule has 3 heteroatoms. The van der Waals surface area contributed by atoms with Crippen molar-refractivity contribution in [3.05, 3.63) is 23.9 Å². The maximum Gasteiger partial charge on any atom is 0.129 e. The molecule has 0 unspecified atom stereocenters. The zero-order chi connectivity index (χ0) is 10.0. The monoisotopic (exact) mass is 192 g/mol. The lowest BCUT2D eigenvalue weighted by molar-refractivity contribution is 0.143. The first-order valence-corrected chi connectivity index (χ1v) is 5.06. The first kappa shape index (κ1) is 9.46. The summed E-state index contributed by atoms with van der Waals surface area (Å²) in [5, 5.41) is 12.6. The number of pyridine rings is 1. The Hall–Kier alpha value is -1.09. The molecule has 0 atom stereocenters. The molecule has 1 saturated carbocycles. The highest BCUT2D eigenvalue weighted by molar-refractivity contribution is 5.45. The highest BCUT2D eigenvalue weighted by Gasteiger charge is 2.36. The quantitative estimate of drug-likeness (QED) is 0.766. The molecule has 0 amide bonds. The average Bonchev–Trinajstić information content (AvgIpc) is 2.14. The molecule has 0 spiro atoms. The maximum atomic E-state index is 9.30. The predicted octanol–water partition coefficient (Wildman–Crippen LogP) is 1.72. The Morgan fingerprint density at radius 1 is 1.57 bits per heavy atom. The summed E-state index contributed by atoms with van der Waals surface area (Å²) in [4.78, 5) is 4.27. The molecule has 0 aromatic carbocycles. The standard InChI is InChI=1S/C11H16N2O/c1-9-4-2-7-12-10(9)13-11(8-14)5-3-6-11/h2,4,7,14H,3,5-6,8H2,1H3,(H,12,13). The second-order valence-electron chi connectivity index (χ2n) is 4.09. The van der Waals surface area contributed by atoms with Gasteiger partial charge in [0.15, 0.2) is 0 Å². The van der Waals surface area contributed by atoms with E-state index in [2.05, 4.69) is 10.3 Å². The van der Waals surface area contributed by atoms with Gasteiger partial charge < -0.3 is 10.4 Å². The summed E-state index contributed by atoms with van der Waals surface area (Å²) in [6, 6.07) is 3.95. The van der Waals surface area contributed by atoms with Crippen molar-refractivity contribution < 1.29 is 5.11 Å². The van der Waals surface area contributed by atoms with Crippen LogP contribution in [0, 0.1) is 6.92 Å². The summed E-state index contributed by atoms with van der Waals surface area (Å²) in [7, 11) is 0. The second kappa shape index (κ2) is 3.58. The lowest BCUT2D eigenvalue weighted by Gasteiger charge is -2.41. The molecular weight excluding hydrogens is 176 g/mol. The van der Waals surface area contributed by atoms with Crippen LogP contribution in [-0.2, 0) is 0 Å². The summed E-state index contributed by atoms with van der Waals surface area (Å²) in [5.41, 5.74) is 1.03. The van der Waals surface area contributed by atoms with Crippen LogP contribution in [0.2, 0.25) is 0 Å². The van der Waals surface area contributed by atoms with Gasteiger partial charge in [0, 0.05) is 6.20 Å². The number of nitrogens with zero attached hydrogens (tertiary/aromatic N) is 1. The number of aromatic nitrogens is 1. The number of anilines is 1. The highest BCUT2D eigenvalue weighted by Crippen LogP contribution is 2.34. The van der Waals surface area contributed by atoms with E-state index in [-0.39, 0.29) is 12.1 Å². The van der Waals surface area contributed by atoms with Crippen molar-refractivity contribution in [2.45, 2.75) is 31.7 Å². The summed E-state index contributed by atoms with van der Waals surface area (Å²) in [6.45, 7) is 2.22. The van der Waals surface area contributed by atoms with Crippen molar-refractivity contribution >= 4 is 5.82 Å². The number of aliphatic hydroxyl groups is 1. The molecule has 3 nitrogen and oxygen atoms in total. The van der Waals surface area contributed by atoms with Crippen molar-refractivity contribution in [2.24, 2.45) is 0 Å². The Kier molecular flexibility index (Phi) is 2.42. The van der Waals surface area contributed by atoms with Gasteiger partial charge in [0.2, 0.25) is 0 Å². The Balaban J connectivity index is 2.13. The van der Waals surface area contributed by atoms with E-state index >= 15 is 0 Å². The van der Waals surface area contributed by atoms with Gasteiger partial charge in [-0.1, -0.05) is 6.07 Å². The number of hydrogen-bond acceptors (Lipinski definition) is 3. The lowest BCUT2D eigenvalue weighted by atomic mass is 9.77. The van der Waals surface area contributed by atoms with E-state index in [0.717, 1.165) is 24.2 Å². The third kappa shape index (κ3) is 1.60. The van der Waals surface area contributed by atoms with Crippen LogP contribution in [0.5, 0.6) is 0 Å². The first-order chi connectivity index (χ1) is 6.76. The summed E-state index contributed by atoms with van der Waals surface area (Å²) in [6.07, 6.45) is 5.05. The van der Waals surface area contributed by atoms with Gasteiger partial charge in [0.05, 0.1) is 12.1 Å². The minimum Gasteiger partial charge on any atom is -0.394 e. The Bertz CT molecular complexity index is 315. The van der Waals surface area contributed by atoms with E-state index in [4.69, 9.17) is 0 Å². The van der Waals surface area contributed by atoms with Gasteiger partial charge in [-0.05, 0) is 37.8 Å². The Morgan fingerprint density at radius 2 is 2.36 bits per heavy atom. The van der Waals surface area contributed by atoms with Crippen LogP contribution < -0.4 is 5.32 Å². The maximum absolute atomic E-state index is 9.30. The molecule has 1 aromatic heterocycles. The molecule has 1 aliphatic rings. The third-order valence-electron chi connectivity index (χ3n) is 3.01. The van der Waals surface area contributed by atoms with E-state index in [0.29, 0.717) is 0 Å². The zero-order valence-corrected chi connectivity index (χ0v) is 8.45. The molecule has 76 valence electrons. The minimum atomic E-state index is -0.0981. The van der Waals surface area contributed by atoms with E-state index in [9.17, 15) is 5.11 Å². The van der Waals surface area contributed by atoms with Crippen LogP contribution in [0.1, 0.15) is 24.8 Å². The summed E-state index contributed by atoms with van der Waals surface area (Å²) < 4.78 is 0. The highest BCUT2D eigenvalue weighted by atomic mass is 16.3. The van der Waals surface area contributed by atoms with Crippen molar-refractivity contribution in [1.29, 1.82) is 0 Å².